The van der Waals surface area contributed by atoms with Gasteiger partial charge in [-0.1, -0.05) is 95.3 Å². The van der Waals surface area contributed by atoms with Crippen LogP contribution in [0.15, 0.2) is 24.0 Å². The molecule has 1 aliphatic rings. The highest BCUT2D eigenvalue weighted by molar-refractivity contribution is 5.15. The van der Waals surface area contributed by atoms with Crippen LogP contribution in [0.2, 0.25) is 0 Å². The van der Waals surface area contributed by atoms with Crippen LogP contribution in [-0.2, 0) is 0 Å². The second-order valence-corrected chi connectivity index (χ2v) is 7.42. The van der Waals surface area contributed by atoms with E-state index in [2.05, 4.69) is 12.7 Å². The fourth-order valence-electron chi connectivity index (χ4n) is 3.18. The van der Waals surface area contributed by atoms with Gasteiger partial charge < -0.3 is 5.11 Å². The third-order valence-corrected chi connectivity index (χ3v) is 4.89. The fourth-order valence-corrected chi connectivity index (χ4v) is 3.18. The van der Waals surface area contributed by atoms with Gasteiger partial charge in [0.15, 0.2) is 0 Å². The van der Waals surface area contributed by atoms with Crippen molar-refractivity contribution in [2.24, 2.45) is 0 Å². The van der Waals surface area contributed by atoms with Crippen molar-refractivity contribution in [3.8, 4) is 0 Å². The van der Waals surface area contributed by atoms with E-state index in [-0.39, 0.29) is 0 Å². The number of hydrogen-bond donors (Lipinski definition) is 1. The Labute approximate surface area is 145 Å². The summed E-state index contributed by atoms with van der Waals surface area (Å²) in [6.07, 6.45) is 26.8. The smallest absolute Gasteiger partial charge is 0.0851 e. The van der Waals surface area contributed by atoms with Crippen LogP contribution in [0.1, 0.15) is 116 Å². The molecule has 0 spiro atoms. The average molecular weight is 321 g/mol. The van der Waals surface area contributed by atoms with Gasteiger partial charge in [0.1, 0.15) is 0 Å². The maximum Gasteiger partial charge on any atom is 0.0851 e. The molecule has 0 amide bonds. The predicted octanol–water partition coefficient (Wildman–Crippen LogP) is 8.02. The summed E-state index contributed by atoms with van der Waals surface area (Å²) in [5.41, 5.74) is 1.71. The molecule has 0 saturated heterocycles. The zero-order valence-electron chi connectivity index (χ0n) is 15.5. The van der Waals surface area contributed by atoms with Gasteiger partial charge in [0.05, 0.1) is 5.76 Å². The van der Waals surface area contributed by atoms with Crippen molar-refractivity contribution in [1.29, 1.82) is 0 Å². The van der Waals surface area contributed by atoms with E-state index < -0.39 is 0 Å². The van der Waals surface area contributed by atoms with E-state index in [1.807, 2.05) is 0 Å². The minimum atomic E-state index is 0.348. The first kappa shape index (κ1) is 20.3. The van der Waals surface area contributed by atoms with E-state index in [4.69, 9.17) is 5.11 Å². The molecule has 0 aromatic carbocycles. The molecule has 0 heterocycles. The maximum absolute atomic E-state index is 8.99. The van der Waals surface area contributed by atoms with Crippen molar-refractivity contribution in [3.05, 3.63) is 24.0 Å². The molecule has 0 unspecified atom stereocenters. The molecule has 1 saturated carbocycles. The summed E-state index contributed by atoms with van der Waals surface area (Å²) in [4.78, 5) is 0. The number of unbranched alkanes of at least 4 members (excludes halogenated alkanes) is 14. The normalized spacial score (nSPS) is 13.3. The average Bonchev–Trinajstić information content (AvgIpc) is 3.34. The largest absolute Gasteiger partial charge is 0.513 e. The Bertz CT molecular complexity index is 310. The molecule has 0 bridgehead atoms. The van der Waals surface area contributed by atoms with Crippen molar-refractivity contribution < 1.29 is 5.11 Å². The molecule has 1 aliphatic carbocycles. The van der Waals surface area contributed by atoms with Gasteiger partial charge in [0, 0.05) is 6.42 Å². The quantitative estimate of drug-likeness (QED) is 0.163. The first-order valence-electron chi connectivity index (χ1n) is 10.3. The molecule has 0 aromatic heterocycles. The van der Waals surface area contributed by atoms with E-state index in [0.29, 0.717) is 5.76 Å². The van der Waals surface area contributed by atoms with Crippen molar-refractivity contribution in [1.82, 2.24) is 0 Å². The van der Waals surface area contributed by atoms with Gasteiger partial charge in [0.25, 0.3) is 0 Å². The van der Waals surface area contributed by atoms with Gasteiger partial charge in [0.2, 0.25) is 0 Å². The summed E-state index contributed by atoms with van der Waals surface area (Å²) in [6.45, 7) is 3.52. The summed E-state index contributed by atoms with van der Waals surface area (Å²) in [5, 5.41) is 8.99. The van der Waals surface area contributed by atoms with Crippen LogP contribution in [0, 0.1) is 0 Å². The van der Waals surface area contributed by atoms with E-state index in [1.54, 1.807) is 5.57 Å². The lowest BCUT2D eigenvalue weighted by atomic mass is 10.0. The Kier molecular flexibility index (Phi) is 13.1. The molecular weight excluding hydrogens is 280 g/mol. The van der Waals surface area contributed by atoms with Gasteiger partial charge in [-0.05, 0) is 32.1 Å². The lowest BCUT2D eigenvalue weighted by Gasteiger charge is -2.03. The Morgan fingerprint density at radius 3 is 1.48 bits per heavy atom. The summed E-state index contributed by atoms with van der Waals surface area (Å²) in [7, 11) is 0. The van der Waals surface area contributed by atoms with Crippen LogP contribution in [0.5, 0.6) is 0 Å². The van der Waals surface area contributed by atoms with Crippen molar-refractivity contribution >= 4 is 0 Å². The topological polar surface area (TPSA) is 20.2 Å². The molecule has 1 rings (SSSR count). The molecule has 0 radical (unpaired) electrons. The van der Waals surface area contributed by atoms with E-state index in [0.717, 1.165) is 12.8 Å². The number of allylic oxidation sites excluding steroid dienone is 3. The van der Waals surface area contributed by atoms with Gasteiger partial charge in [-0.2, -0.15) is 0 Å². The van der Waals surface area contributed by atoms with Gasteiger partial charge >= 0.3 is 0 Å². The summed E-state index contributed by atoms with van der Waals surface area (Å²) in [6, 6.07) is 0. The molecule has 1 heteroatoms. The summed E-state index contributed by atoms with van der Waals surface area (Å²) < 4.78 is 0. The number of rotatable bonds is 17. The highest BCUT2D eigenvalue weighted by Crippen LogP contribution is 2.28. The molecule has 134 valence electrons. The zero-order chi connectivity index (χ0) is 16.6. The number of aliphatic hydroxyl groups excluding tert-OH is 1. The third kappa shape index (κ3) is 15.9. The second kappa shape index (κ2) is 14.8. The Morgan fingerprint density at radius 2 is 1.09 bits per heavy atom. The molecule has 1 fully saturated rings. The van der Waals surface area contributed by atoms with Crippen molar-refractivity contribution in [2.75, 3.05) is 0 Å². The molecule has 0 aromatic rings. The SMILES string of the molecule is C=C(O)CCCCCCCCCCCCCCCCC=C1CC1. The van der Waals surface area contributed by atoms with Gasteiger partial charge in [-0.3, -0.25) is 0 Å². The zero-order valence-corrected chi connectivity index (χ0v) is 15.5. The monoisotopic (exact) mass is 320 g/mol. The molecule has 0 atom stereocenters. The summed E-state index contributed by atoms with van der Waals surface area (Å²) >= 11 is 0. The van der Waals surface area contributed by atoms with Crippen LogP contribution in [-0.4, -0.2) is 5.11 Å². The Hall–Kier alpha value is -0.720. The first-order valence-corrected chi connectivity index (χ1v) is 10.3. The molecule has 1 nitrogen and oxygen atoms in total. The van der Waals surface area contributed by atoms with Crippen LogP contribution in [0.3, 0.4) is 0 Å². The van der Waals surface area contributed by atoms with Gasteiger partial charge in [-0.15, -0.1) is 0 Å². The van der Waals surface area contributed by atoms with E-state index >= 15 is 0 Å². The molecular formula is C22H40O. The maximum atomic E-state index is 8.99. The lowest BCUT2D eigenvalue weighted by Crippen LogP contribution is -1.84. The minimum Gasteiger partial charge on any atom is -0.513 e. The minimum absolute atomic E-state index is 0.348. The molecule has 23 heavy (non-hydrogen) atoms. The highest BCUT2D eigenvalue weighted by Gasteiger charge is 2.08. The fraction of sp³-hybridized carbons (Fsp3) is 0.818. The number of hydrogen-bond acceptors (Lipinski definition) is 1. The number of aliphatic hydroxyl groups is 1. The lowest BCUT2D eigenvalue weighted by molar-refractivity contribution is 0.383. The van der Waals surface area contributed by atoms with Gasteiger partial charge in [-0.25, -0.2) is 0 Å². The molecule has 1 N–H and O–H groups in total. The van der Waals surface area contributed by atoms with Crippen LogP contribution >= 0.6 is 0 Å². The first-order chi connectivity index (χ1) is 11.3. The van der Waals surface area contributed by atoms with Crippen molar-refractivity contribution in [3.63, 3.8) is 0 Å². The molecule has 0 aliphatic heterocycles. The highest BCUT2D eigenvalue weighted by atomic mass is 16.3. The van der Waals surface area contributed by atoms with E-state index in [9.17, 15) is 0 Å². The van der Waals surface area contributed by atoms with Crippen molar-refractivity contribution in [2.45, 2.75) is 116 Å². The summed E-state index contributed by atoms with van der Waals surface area (Å²) in [5.74, 6) is 0.348. The Morgan fingerprint density at radius 1 is 0.696 bits per heavy atom. The Balaban J connectivity index is 1.63. The van der Waals surface area contributed by atoms with Crippen LogP contribution in [0.4, 0.5) is 0 Å². The second-order valence-electron chi connectivity index (χ2n) is 7.42. The van der Waals surface area contributed by atoms with Crippen LogP contribution < -0.4 is 0 Å². The van der Waals surface area contributed by atoms with E-state index in [1.165, 1.54) is 103 Å². The predicted molar refractivity (Wildman–Crippen MR) is 103 cm³/mol. The van der Waals surface area contributed by atoms with Crippen LogP contribution in [0.25, 0.3) is 0 Å². The third-order valence-electron chi connectivity index (χ3n) is 4.89. The standard InChI is InChI=1S/C22H40O/c1-21(23)17-15-13-11-9-7-5-3-2-4-6-8-10-12-14-16-18-22-19-20-22/h18,23H,1-17,19-20H2.